The van der Waals surface area contributed by atoms with Crippen LogP contribution in [0.4, 0.5) is 4.79 Å². The summed E-state index contributed by atoms with van der Waals surface area (Å²) in [6.07, 6.45) is 0.864. The van der Waals surface area contributed by atoms with Gasteiger partial charge in [0.25, 0.3) is 0 Å². The van der Waals surface area contributed by atoms with E-state index in [2.05, 4.69) is 16.0 Å². The average molecular weight is 319 g/mol. The molecule has 126 valence electrons. The molecule has 0 spiro atoms. The lowest BCUT2D eigenvalue weighted by atomic mass is 9.94. The Morgan fingerprint density at radius 3 is 2.96 bits per heavy atom. The van der Waals surface area contributed by atoms with Gasteiger partial charge in [-0.2, -0.15) is 0 Å². The van der Waals surface area contributed by atoms with Crippen LogP contribution in [0.15, 0.2) is 24.3 Å². The fourth-order valence-corrected chi connectivity index (χ4v) is 2.54. The number of hydrogen-bond donors (Lipinski definition) is 3. The van der Waals surface area contributed by atoms with Crippen LogP contribution < -0.4 is 20.7 Å². The first-order valence-corrected chi connectivity index (χ1v) is 8.00. The van der Waals surface area contributed by atoms with Gasteiger partial charge in [0.05, 0.1) is 6.04 Å². The highest BCUT2D eigenvalue weighted by atomic mass is 16.5. The normalized spacial score (nSPS) is 22.0. The van der Waals surface area contributed by atoms with Crippen molar-refractivity contribution in [3.8, 4) is 5.75 Å². The molecule has 3 N–H and O–H groups in total. The number of aryl methyl sites for hydroxylation is 1. The highest BCUT2D eigenvalue weighted by Crippen LogP contribution is 2.13. The summed E-state index contributed by atoms with van der Waals surface area (Å²) in [6.45, 7) is 6.86. The Bertz CT molecular complexity index is 562. The lowest BCUT2D eigenvalue weighted by Gasteiger charge is -2.29. The van der Waals surface area contributed by atoms with E-state index in [1.54, 1.807) is 0 Å². The third kappa shape index (κ3) is 5.16. The van der Waals surface area contributed by atoms with Gasteiger partial charge in [-0.05, 0) is 43.9 Å². The highest BCUT2D eigenvalue weighted by molar-refractivity contribution is 5.87. The van der Waals surface area contributed by atoms with Crippen molar-refractivity contribution in [1.29, 1.82) is 0 Å². The molecule has 0 radical (unpaired) electrons. The second-order valence-electron chi connectivity index (χ2n) is 6.18. The molecule has 3 amide bonds. The van der Waals surface area contributed by atoms with Gasteiger partial charge in [0.1, 0.15) is 18.4 Å². The van der Waals surface area contributed by atoms with Gasteiger partial charge in [-0.25, -0.2) is 4.79 Å². The molecule has 1 aliphatic heterocycles. The van der Waals surface area contributed by atoms with Crippen molar-refractivity contribution in [2.75, 3.05) is 13.2 Å². The molecule has 1 heterocycles. The Balaban J connectivity index is 1.77. The maximum Gasteiger partial charge on any atom is 0.315 e. The fraction of sp³-hybridized carbons (Fsp3) is 0.529. The molecule has 6 heteroatoms. The van der Waals surface area contributed by atoms with E-state index >= 15 is 0 Å². The highest BCUT2D eigenvalue weighted by Gasteiger charge is 2.30. The zero-order valence-corrected chi connectivity index (χ0v) is 13.9. The van der Waals surface area contributed by atoms with Crippen LogP contribution in [0.2, 0.25) is 0 Å². The van der Waals surface area contributed by atoms with Crippen LogP contribution in [0, 0.1) is 12.8 Å². The first-order chi connectivity index (χ1) is 11.0. The summed E-state index contributed by atoms with van der Waals surface area (Å²) < 4.78 is 5.66. The number of urea groups is 1. The molecule has 0 aromatic heterocycles. The fourth-order valence-electron chi connectivity index (χ4n) is 2.54. The number of carbonyl (C=O) groups is 2. The summed E-state index contributed by atoms with van der Waals surface area (Å²) in [4.78, 5) is 23.8. The van der Waals surface area contributed by atoms with Crippen LogP contribution in [-0.4, -0.2) is 37.2 Å². The van der Waals surface area contributed by atoms with Gasteiger partial charge in [-0.3, -0.25) is 4.79 Å². The van der Waals surface area contributed by atoms with Gasteiger partial charge in [-0.1, -0.05) is 19.1 Å². The maximum absolute atomic E-state index is 12.0. The third-order valence-electron chi connectivity index (χ3n) is 3.90. The summed E-state index contributed by atoms with van der Waals surface area (Å²) >= 11 is 0. The van der Waals surface area contributed by atoms with Crippen LogP contribution >= 0.6 is 0 Å². The summed E-state index contributed by atoms with van der Waals surface area (Å²) in [7, 11) is 0. The minimum absolute atomic E-state index is 0.123. The zero-order valence-electron chi connectivity index (χ0n) is 13.9. The second-order valence-corrected chi connectivity index (χ2v) is 6.18. The minimum atomic E-state index is -0.478. The van der Waals surface area contributed by atoms with Crippen molar-refractivity contribution in [2.24, 2.45) is 5.92 Å². The SMILES string of the molecule is Cc1cccc(OC[C@H](C)NC(=O)N[C@H]2C(=O)NCC[C@@H]2C)c1. The third-order valence-corrected chi connectivity index (χ3v) is 3.90. The Morgan fingerprint density at radius 2 is 2.26 bits per heavy atom. The van der Waals surface area contributed by atoms with E-state index in [0.29, 0.717) is 13.2 Å². The quantitative estimate of drug-likeness (QED) is 0.771. The number of nitrogens with one attached hydrogen (secondary N) is 3. The standard InChI is InChI=1S/C17H25N3O3/c1-11-5-4-6-14(9-11)23-10-13(3)19-17(22)20-15-12(2)7-8-18-16(15)21/h4-6,9,12-13,15H,7-8,10H2,1-3H3,(H,18,21)(H2,19,20,22)/t12-,13-,15+/m0/s1. The molecular weight excluding hydrogens is 294 g/mol. The van der Waals surface area contributed by atoms with Gasteiger partial charge in [-0.15, -0.1) is 0 Å². The molecule has 23 heavy (non-hydrogen) atoms. The number of amides is 3. The molecule has 6 nitrogen and oxygen atoms in total. The predicted octanol–water partition coefficient (Wildman–Crippen LogP) is 1.59. The minimum Gasteiger partial charge on any atom is -0.491 e. The van der Waals surface area contributed by atoms with Gasteiger partial charge >= 0.3 is 6.03 Å². The molecule has 1 aliphatic rings. The smallest absolute Gasteiger partial charge is 0.315 e. The molecule has 1 fully saturated rings. The van der Waals surface area contributed by atoms with E-state index in [-0.39, 0.29) is 23.9 Å². The number of carbonyl (C=O) groups excluding carboxylic acids is 2. The van der Waals surface area contributed by atoms with E-state index in [1.807, 2.05) is 45.0 Å². The number of benzene rings is 1. The molecule has 0 bridgehead atoms. The average Bonchev–Trinajstić information content (AvgIpc) is 2.49. The summed E-state index contributed by atoms with van der Waals surface area (Å²) in [5.41, 5.74) is 1.12. The zero-order chi connectivity index (χ0) is 16.8. The number of rotatable bonds is 5. The molecule has 3 atom stereocenters. The van der Waals surface area contributed by atoms with E-state index in [4.69, 9.17) is 4.74 Å². The largest absolute Gasteiger partial charge is 0.491 e. The first-order valence-electron chi connectivity index (χ1n) is 8.00. The molecule has 1 saturated heterocycles. The topological polar surface area (TPSA) is 79.5 Å². The Morgan fingerprint density at radius 1 is 1.48 bits per heavy atom. The van der Waals surface area contributed by atoms with Crippen LogP contribution in [0.3, 0.4) is 0 Å². The van der Waals surface area contributed by atoms with Gasteiger partial charge < -0.3 is 20.7 Å². The van der Waals surface area contributed by atoms with Crippen molar-refractivity contribution < 1.29 is 14.3 Å². The maximum atomic E-state index is 12.0. The van der Waals surface area contributed by atoms with Crippen molar-refractivity contribution >= 4 is 11.9 Å². The molecule has 1 aromatic carbocycles. The number of hydrogen-bond acceptors (Lipinski definition) is 3. The first kappa shape index (κ1) is 17.1. The van der Waals surface area contributed by atoms with Crippen LogP contribution in [0.5, 0.6) is 5.75 Å². The molecule has 0 saturated carbocycles. The number of piperidine rings is 1. The molecular formula is C17H25N3O3. The van der Waals surface area contributed by atoms with Gasteiger partial charge in [0.15, 0.2) is 0 Å². The predicted molar refractivity (Wildman–Crippen MR) is 88.4 cm³/mol. The Kier molecular flexibility index (Phi) is 5.84. The van der Waals surface area contributed by atoms with Crippen molar-refractivity contribution in [1.82, 2.24) is 16.0 Å². The lowest BCUT2D eigenvalue weighted by Crippen LogP contribution is -2.57. The number of ether oxygens (including phenoxy) is 1. The van der Waals surface area contributed by atoms with Crippen molar-refractivity contribution in [3.63, 3.8) is 0 Å². The summed E-state index contributed by atoms with van der Waals surface area (Å²) in [5, 5.41) is 8.30. The Labute approximate surface area is 137 Å². The van der Waals surface area contributed by atoms with Crippen molar-refractivity contribution in [3.05, 3.63) is 29.8 Å². The van der Waals surface area contributed by atoms with E-state index in [0.717, 1.165) is 17.7 Å². The molecule has 2 rings (SSSR count). The summed E-state index contributed by atoms with van der Waals surface area (Å²) in [5.74, 6) is 0.787. The van der Waals surface area contributed by atoms with Gasteiger partial charge in [0, 0.05) is 6.54 Å². The monoisotopic (exact) mass is 319 g/mol. The van der Waals surface area contributed by atoms with Gasteiger partial charge in [0.2, 0.25) is 5.91 Å². The van der Waals surface area contributed by atoms with Crippen LogP contribution in [0.25, 0.3) is 0 Å². The van der Waals surface area contributed by atoms with Crippen LogP contribution in [-0.2, 0) is 4.79 Å². The van der Waals surface area contributed by atoms with Crippen molar-refractivity contribution in [2.45, 2.75) is 39.3 Å². The van der Waals surface area contributed by atoms with E-state index < -0.39 is 6.04 Å². The molecule has 1 aromatic rings. The van der Waals surface area contributed by atoms with E-state index in [1.165, 1.54) is 0 Å². The summed E-state index contributed by atoms with van der Waals surface area (Å²) in [6, 6.07) is 6.76. The molecule has 0 aliphatic carbocycles. The van der Waals surface area contributed by atoms with Crippen LogP contribution in [0.1, 0.15) is 25.8 Å². The lowest BCUT2D eigenvalue weighted by molar-refractivity contribution is -0.125. The Hall–Kier alpha value is -2.24. The second kappa shape index (κ2) is 7.85. The van der Waals surface area contributed by atoms with E-state index in [9.17, 15) is 9.59 Å². The molecule has 0 unspecified atom stereocenters.